The van der Waals surface area contributed by atoms with E-state index in [2.05, 4.69) is 26.3 Å². The first-order valence-corrected chi connectivity index (χ1v) is 17.6. The number of alkyl carbamates (subject to hydrolysis) is 1. The standard InChI is InChI=1S/C37H49N7O8/c1-25(2)31(45)14-19-50-21-17-39-33(47)24-44-36-29-11-7-8-12-30(29)43(23-27-9-5-6-10-28(27)35(36)41-42-44)34(48)13-16-38-32(46)15-20-51-22-18-40-37(49)52-26(3)4/h5-12,25-26H,13-24H2,1-4H3,(H,38,46)(H,39,47)(H,40,49). The Bertz CT molecular complexity index is 1690. The van der Waals surface area contributed by atoms with Gasteiger partial charge in [-0.15, -0.1) is 5.10 Å². The van der Waals surface area contributed by atoms with E-state index >= 15 is 0 Å². The third kappa shape index (κ3) is 11.7. The zero-order valence-electron chi connectivity index (χ0n) is 30.3. The number of nitrogens with one attached hydrogen (secondary N) is 3. The molecule has 1 aliphatic rings. The molecule has 3 N–H and O–H groups in total. The Balaban J connectivity index is 1.37. The van der Waals surface area contributed by atoms with Crippen LogP contribution in [0.2, 0.25) is 0 Å². The lowest BCUT2D eigenvalue weighted by molar-refractivity contribution is -0.124. The molecule has 0 unspecified atom stereocenters. The lowest BCUT2D eigenvalue weighted by atomic mass is 9.95. The number of rotatable bonds is 19. The van der Waals surface area contributed by atoms with E-state index in [0.29, 0.717) is 35.7 Å². The number of carbonyl (C=O) groups excluding carboxylic acids is 5. The Labute approximate surface area is 303 Å². The smallest absolute Gasteiger partial charge is 0.407 e. The highest BCUT2D eigenvalue weighted by molar-refractivity contribution is 6.00. The van der Waals surface area contributed by atoms with Crippen LogP contribution in [-0.2, 0) is 46.5 Å². The molecule has 4 amide bonds. The fourth-order valence-corrected chi connectivity index (χ4v) is 5.45. The number of benzene rings is 2. The second-order valence-corrected chi connectivity index (χ2v) is 12.8. The van der Waals surface area contributed by atoms with Crippen LogP contribution in [0.15, 0.2) is 48.5 Å². The summed E-state index contributed by atoms with van der Waals surface area (Å²) in [6.45, 7) is 8.97. The molecule has 3 aromatic rings. The van der Waals surface area contributed by atoms with Crippen LogP contribution in [0.3, 0.4) is 0 Å². The van der Waals surface area contributed by atoms with Gasteiger partial charge in [0.15, 0.2) is 0 Å². The number of para-hydroxylation sites is 1. The molecule has 0 bridgehead atoms. The first kappa shape index (κ1) is 39.6. The third-order valence-corrected chi connectivity index (χ3v) is 8.08. The van der Waals surface area contributed by atoms with Gasteiger partial charge in [0.2, 0.25) is 17.7 Å². The molecule has 0 fully saturated rings. The summed E-state index contributed by atoms with van der Waals surface area (Å²) >= 11 is 0. The van der Waals surface area contributed by atoms with Crippen molar-refractivity contribution in [2.75, 3.05) is 51.0 Å². The number of ketones is 1. The largest absolute Gasteiger partial charge is 0.447 e. The van der Waals surface area contributed by atoms with E-state index in [-0.39, 0.29) is 101 Å². The fourth-order valence-electron chi connectivity index (χ4n) is 5.45. The molecule has 2 heterocycles. The van der Waals surface area contributed by atoms with Crippen LogP contribution >= 0.6 is 0 Å². The van der Waals surface area contributed by atoms with Crippen LogP contribution in [0.5, 0.6) is 0 Å². The normalized spacial score (nSPS) is 11.9. The molecule has 0 spiro atoms. The van der Waals surface area contributed by atoms with Gasteiger partial charge in [-0.3, -0.25) is 19.2 Å². The number of fused-ring (bicyclic) bond motifs is 5. The molecule has 0 atom stereocenters. The minimum Gasteiger partial charge on any atom is -0.447 e. The maximum absolute atomic E-state index is 13.8. The van der Waals surface area contributed by atoms with Gasteiger partial charge in [-0.2, -0.15) is 0 Å². The van der Waals surface area contributed by atoms with Gasteiger partial charge in [-0.1, -0.05) is 61.5 Å². The Hall–Kier alpha value is -5.15. The minimum absolute atomic E-state index is 0.0393. The van der Waals surface area contributed by atoms with Crippen LogP contribution in [0.4, 0.5) is 10.5 Å². The zero-order valence-corrected chi connectivity index (χ0v) is 30.3. The number of ether oxygens (including phenoxy) is 3. The van der Waals surface area contributed by atoms with E-state index in [0.717, 1.165) is 11.1 Å². The van der Waals surface area contributed by atoms with Crippen LogP contribution in [0, 0.1) is 5.92 Å². The predicted molar refractivity (Wildman–Crippen MR) is 193 cm³/mol. The lowest BCUT2D eigenvalue weighted by Crippen LogP contribution is -2.35. The Morgan fingerprint density at radius 3 is 2.13 bits per heavy atom. The Morgan fingerprint density at radius 2 is 1.40 bits per heavy atom. The van der Waals surface area contributed by atoms with E-state index in [4.69, 9.17) is 14.2 Å². The minimum atomic E-state index is -0.524. The van der Waals surface area contributed by atoms with Gasteiger partial charge in [0.05, 0.1) is 50.5 Å². The van der Waals surface area contributed by atoms with E-state index in [1.165, 1.54) is 4.68 Å². The number of Topliss-reactive ketones (excluding diaryl/α,β-unsaturated/α-hetero) is 1. The zero-order chi connectivity index (χ0) is 37.5. The summed E-state index contributed by atoms with van der Waals surface area (Å²) in [6.07, 6.45) is -0.261. The highest BCUT2D eigenvalue weighted by Gasteiger charge is 2.29. The van der Waals surface area contributed by atoms with Gasteiger partial charge in [0.1, 0.15) is 18.0 Å². The number of hydrogen-bond donors (Lipinski definition) is 3. The van der Waals surface area contributed by atoms with Crippen LogP contribution < -0.4 is 20.9 Å². The van der Waals surface area contributed by atoms with E-state index in [1.54, 1.807) is 18.7 Å². The number of hydrogen-bond acceptors (Lipinski definition) is 10. The molecule has 15 nitrogen and oxygen atoms in total. The highest BCUT2D eigenvalue weighted by Crippen LogP contribution is 2.41. The van der Waals surface area contributed by atoms with Crippen LogP contribution in [0.1, 0.15) is 52.5 Å². The fraction of sp³-hybridized carbons (Fsp3) is 0.486. The van der Waals surface area contributed by atoms with E-state index in [1.807, 2.05) is 62.4 Å². The SMILES string of the molecule is CC(C)OC(=O)NCCOCCC(=O)NCCC(=O)N1Cc2ccccc2-c2nnn(CC(=O)NCCOCCC(=O)C(C)C)c2-c2ccccc21. The molecule has 0 saturated heterocycles. The van der Waals surface area contributed by atoms with Crippen molar-refractivity contribution in [3.63, 3.8) is 0 Å². The van der Waals surface area contributed by atoms with Gasteiger partial charge in [0.25, 0.3) is 0 Å². The Morgan fingerprint density at radius 1 is 0.750 bits per heavy atom. The number of amides is 4. The summed E-state index contributed by atoms with van der Waals surface area (Å²) in [6, 6.07) is 15.0. The van der Waals surface area contributed by atoms with Crippen LogP contribution in [-0.4, -0.2) is 96.8 Å². The summed E-state index contributed by atoms with van der Waals surface area (Å²) in [5, 5.41) is 17.0. The average molecular weight is 720 g/mol. The Kier molecular flexibility index (Phi) is 15.3. The summed E-state index contributed by atoms with van der Waals surface area (Å²) in [7, 11) is 0. The number of aromatic nitrogens is 3. The van der Waals surface area contributed by atoms with E-state index < -0.39 is 6.09 Å². The monoisotopic (exact) mass is 719 g/mol. The van der Waals surface area contributed by atoms with Crippen molar-refractivity contribution in [1.82, 2.24) is 30.9 Å². The molecular formula is C37H49N7O8. The molecule has 2 aromatic carbocycles. The average Bonchev–Trinajstić information content (AvgIpc) is 3.51. The van der Waals surface area contributed by atoms with Gasteiger partial charge in [-0.05, 0) is 25.5 Å². The molecule has 52 heavy (non-hydrogen) atoms. The third-order valence-electron chi connectivity index (χ3n) is 8.08. The molecule has 0 radical (unpaired) electrons. The highest BCUT2D eigenvalue weighted by atomic mass is 16.6. The molecule has 280 valence electrons. The van der Waals surface area contributed by atoms with Crippen molar-refractivity contribution in [1.29, 1.82) is 0 Å². The summed E-state index contributed by atoms with van der Waals surface area (Å²) in [5.74, 6) is -0.660. The number of anilines is 1. The first-order valence-electron chi connectivity index (χ1n) is 17.6. The molecule has 4 rings (SSSR count). The molecular weight excluding hydrogens is 670 g/mol. The van der Waals surface area contributed by atoms with Crippen molar-refractivity contribution in [2.24, 2.45) is 5.92 Å². The van der Waals surface area contributed by atoms with Gasteiger partial charge in [0, 0.05) is 55.9 Å². The topological polar surface area (TPSA) is 183 Å². The molecule has 0 aliphatic carbocycles. The van der Waals surface area contributed by atoms with Crippen LogP contribution in [0.25, 0.3) is 22.5 Å². The number of carbonyl (C=O) groups is 5. The van der Waals surface area contributed by atoms with Crippen molar-refractivity contribution >= 4 is 35.3 Å². The maximum atomic E-state index is 13.8. The van der Waals surface area contributed by atoms with Crippen molar-refractivity contribution < 1.29 is 38.2 Å². The summed E-state index contributed by atoms with van der Waals surface area (Å²) in [5.41, 5.74) is 4.15. The second kappa shape index (κ2) is 20.0. The number of nitrogens with zero attached hydrogens (tertiary/aromatic N) is 4. The van der Waals surface area contributed by atoms with Crippen molar-refractivity contribution in [3.05, 3.63) is 54.1 Å². The maximum Gasteiger partial charge on any atom is 0.407 e. The second-order valence-electron chi connectivity index (χ2n) is 12.8. The summed E-state index contributed by atoms with van der Waals surface area (Å²) < 4.78 is 17.5. The molecule has 0 saturated carbocycles. The summed E-state index contributed by atoms with van der Waals surface area (Å²) in [4.78, 5) is 64.3. The predicted octanol–water partition coefficient (Wildman–Crippen LogP) is 3.25. The van der Waals surface area contributed by atoms with Crippen molar-refractivity contribution in [2.45, 2.75) is 66.2 Å². The van der Waals surface area contributed by atoms with Gasteiger partial charge in [-0.25, -0.2) is 9.48 Å². The molecule has 1 aliphatic heterocycles. The van der Waals surface area contributed by atoms with Gasteiger partial charge < -0.3 is 35.1 Å². The molecule has 1 aromatic heterocycles. The quantitative estimate of drug-likeness (QED) is 0.156. The van der Waals surface area contributed by atoms with Gasteiger partial charge >= 0.3 is 6.09 Å². The molecule has 15 heteroatoms. The van der Waals surface area contributed by atoms with Crippen molar-refractivity contribution in [3.8, 4) is 22.5 Å². The van der Waals surface area contributed by atoms with E-state index in [9.17, 15) is 24.0 Å². The first-order chi connectivity index (χ1) is 25.0. The lowest BCUT2D eigenvalue weighted by Gasteiger charge is -2.29.